The Labute approximate surface area is 133 Å². The molecule has 0 aliphatic rings. The third kappa shape index (κ3) is 2.73. The Kier molecular flexibility index (Phi) is 3.93. The number of carbonyl (C=O) groups excluding carboxylic acids is 1. The lowest BCUT2D eigenvalue weighted by atomic mass is 10.1. The normalized spacial score (nSPS) is 12.1. The van der Waals surface area contributed by atoms with Crippen molar-refractivity contribution in [3.8, 4) is 0 Å². The molecule has 0 saturated heterocycles. The summed E-state index contributed by atoms with van der Waals surface area (Å²) in [5, 5.41) is 7.41. The fourth-order valence-electron chi connectivity index (χ4n) is 2.58. The number of amides is 1. The predicted molar refractivity (Wildman–Crippen MR) is 89.3 cm³/mol. The van der Waals surface area contributed by atoms with Gasteiger partial charge in [-0.05, 0) is 18.6 Å². The summed E-state index contributed by atoms with van der Waals surface area (Å²) in [6.45, 7) is 1.96. The molecule has 0 bridgehead atoms. The smallest absolute Gasteiger partial charge is 0.275 e. The van der Waals surface area contributed by atoms with Gasteiger partial charge >= 0.3 is 0 Å². The fraction of sp³-hybridized carbons (Fsp3) is 0.167. The van der Waals surface area contributed by atoms with E-state index in [-0.39, 0.29) is 23.2 Å². The minimum Gasteiger partial charge on any atom is -0.334 e. The van der Waals surface area contributed by atoms with Crippen molar-refractivity contribution in [3.05, 3.63) is 76.2 Å². The molecule has 116 valence electrons. The van der Waals surface area contributed by atoms with Crippen LogP contribution in [-0.4, -0.2) is 28.1 Å². The topological polar surface area (TPSA) is 66.1 Å². The molecule has 1 heterocycles. The van der Waals surface area contributed by atoms with Crippen LogP contribution in [0.2, 0.25) is 0 Å². The number of aromatic amines is 1. The second-order valence-electron chi connectivity index (χ2n) is 5.45. The van der Waals surface area contributed by atoms with Crippen LogP contribution in [0.3, 0.4) is 0 Å². The maximum Gasteiger partial charge on any atom is 0.275 e. The Morgan fingerprint density at radius 2 is 1.65 bits per heavy atom. The molecular weight excluding hydrogens is 290 g/mol. The largest absolute Gasteiger partial charge is 0.334 e. The van der Waals surface area contributed by atoms with Crippen molar-refractivity contribution in [1.29, 1.82) is 0 Å². The molecule has 0 radical (unpaired) electrons. The van der Waals surface area contributed by atoms with E-state index in [1.807, 2.05) is 37.3 Å². The third-order valence-electron chi connectivity index (χ3n) is 4.08. The number of nitrogens with one attached hydrogen (secondary N) is 1. The summed E-state index contributed by atoms with van der Waals surface area (Å²) in [5.41, 5.74) is 0.999. The van der Waals surface area contributed by atoms with E-state index in [0.29, 0.717) is 10.8 Å². The molecule has 5 nitrogen and oxygen atoms in total. The van der Waals surface area contributed by atoms with Gasteiger partial charge in [0.25, 0.3) is 11.5 Å². The van der Waals surface area contributed by atoms with Gasteiger partial charge in [-0.15, -0.1) is 0 Å². The molecule has 0 saturated carbocycles. The average molecular weight is 307 g/mol. The Morgan fingerprint density at radius 3 is 2.35 bits per heavy atom. The Morgan fingerprint density at radius 1 is 1.04 bits per heavy atom. The van der Waals surface area contributed by atoms with Gasteiger partial charge in [0.05, 0.1) is 11.4 Å². The van der Waals surface area contributed by atoms with E-state index in [1.54, 1.807) is 36.2 Å². The van der Waals surface area contributed by atoms with Gasteiger partial charge < -0.3 is 4.90 Å². The summed E-state index contributed by atoms with van der Waals surface area (Å²) in [5.74, 6) is -0.228. The van der Waals surface area contributed by atoms with Crippen LogP contribution in [0.1, 0.15) is 29.0 Å². The van der Waals surface area contributed by atoms with Gasteiger partial charge in [-0.3, -0.25) is 9.59 Å². The molecule has 0 aliphatic heterocycles. The van der Waals surface area contributed by atoms with Gasteiger partial charge in [0.15, 0.2) is 5.69 Å². The van der Waals surface area contributed by atoms with Crippen molar-refractivity contribution in [2.24, 2.45) is 0 Å². The highest BCUT2D eigenvalue weighted by molar-refractivity contribution is 6.04. The van der Waals surface area contributed by atoms with Crippen LogP contribution >= 0.6 is 0 Å². The molecule has 1 amide bonds. The first-order valence-corrected chi connectivity index (χ1v) is 7.39. The Balaban J connectivity index is 2.01. The van der Waals surface area contributed by atoms with Crippen LogP contribution in [0.15, 0.2) is 59.4 Å². The number of rotatable bonds is 3. The molecular formula is C18H17N3O2. The maximum absolute atomic E-state index is 12.8. The van der Waals surface area contributed by atoms with E-state index < -0.39 is 0 Å². The molecule has 1 atom stereocenters. The highest BCUT2D eigenvalue weighted by Crippen LogP contribution is 2.22. The highest BCUT2D eigenvalue weighted by Gasteiger charge is 2.22. The van der Waals surface area contributed by atoms with Gasteiger partial charge in [0.1, 0.15) is 0 Å². The summed E-state index contributed by atoms with van der Waals surface area (Å²) < 4.78 is 0. The van der Waals surface area contributed by atoms with Gasteiger partial charge in [-0.25, -0.2) is 5.10 Å². The van der Waals surface area contributed by atoms with Gasteiger partial charge in [-0.1, -0.05) is 48.5 Å². The average Bonchev–Trinajstić information content (AvgIpc) is 2.61. The number of aromatic nitrogens is 2. The highest BCUT2D eigenvalue weighted by atomic mass is 16.2. The first-order chi connectivity index (χ1) is 11.1. The van der Waals surface area contributed by atoms with Crippen LogP contribution < -0.4 is 5.56 Å². The zero-order valence-corrected chi connectivity index (χ0v) is 13.0. The fourth-order valence-corrected chi connectivity index (χ4v) is 2.58. The van der Waals surface area contributed by atoms with Crippen LogP contribution in [0.25, 0.3) is 10.8 Å². The van der Waals surface area contributed by atoms with Crippen molar-refractivity contribution >= 4 is 16.7 Å². The van der Waals surface area contributed by atoms with Crippen LogP contribution in [0.5, 0.6) is 0 Å². The lowest BCUT2D eigenvalue weighted by molar-refractivity contribution is 0.0737. The molecule has 5 heteroatoms. The van der Waals surface area contributed by atoms with Crippen molar-refractivity contribution in [1.82, 2.24) is 15.1 Å². The van der Waals surface area contributed by atoms with E-state index in [4.69, 9.17) is 0 Å². The van der Waals surface area contributed by atoms with Crippen molar-refractivity contribution in [3.63, 3.8) is 0 Å². The Hall–Kier alpha value is -2.95. The molecule has 1 N–H and O–H groups in total. The summed E-state index contributed by atoms with van der Waals surface area (Å²) >= 11 is 0. The van der Waals surface area contributed by atoms with E-state index in [9.17, 15) is 9.59 Å². The summed E-state index contributed by atoms with van der Waals surface area (Å²) in [4.78, 5) is 26.3. The van der Waals surface area contributed by atoms with E-state index in [1.165, 1.54) is 0 Å². The second-order valence-corrected chi connectivity index (χ2v) is 5.45. The first kappa shape index (κ1) is 15.0. The molecule has 1 aromatic heterocycles. The minimum atomic E-state index is -0.295. The van der Waals surface area contributed by atoms with Gasteiger partial charge in [0.2, 0.25) is 0 Å². The second kappa shape index (κ2) is 6.04. The first-order valence-electron chi connectivity index (χ1n) is 7.39. The zero-order valence-electron chi connectivity index (χ0n) is 13.0. The van der Waals surface area contributed by atoms with Gasteiger partial charge in [0, 0.05) is 12.4 Å². The number of hydrogen-bond donors (Lipinski definition) is 1. The quantitative estimate of drug-likeness (QED) is 0.809. The van der Waals surface area contributed by atoms with Crippen molar-refractivity contribution in [2.45, 2.75) is 13.0 Å². The molecule has 0 aliphatic carbocycles. The van der Waals surface area contributed by atoms with Crippen LogP contribution in [0, 0.1) is 0 Å². The monoisotopic (exact) mass is 307 g/mol. The van der Waals surface area contributed by atoms with Crippen LogP contribution in [-0.2, 0) is 0 Å². The number of carbonyl (C=O) groups is 1. The SMILES string of the molecule is CC(c1ccccc1)N(C)C(=O)c1n[nH]c(=O)c2ccccc12. The molecule has 2 aromatic carbocycles. The third-order valence-corrected chi connectivity index (χ3v) is 4.08. The summed E-state index contributed by atoms with van der Waals surface area (Å²) in [6, 6.07) is 16.7. The Bertz CT molecular complexity index is 903. The lowest BCUT2D eigenvalue weighted by Crippen LogP contribution is -2.31. The maximum atomic E-state index is 12.8. The number of hydrogen-bond acceptors (Lipinski definition) is 3. The van der Waals surface area contributed by atoms with E-state index in [0.717, 1.165) is 5.56 Å². The van der Waals surface area contributed by atoms with E-state index >= 15 is 0 Å². The number of H-pyrrole nitrogens is 1. The lowest BCUT2D eigenvalue weighted by Gasteiger charge is -2.25. The number of fused-ring (bicyclic) bond motifs is 1. The number of nitrogens with zero attached hydrogens (tertiary/aromatic N) is 2. The summed E-state index contributed by atoms with van der Waals surface area (Å²) in [7, 11) is 1.74. The molecule has 0 fully saturated rings. The zero-order chi connectivity index (χ0) is 16.4. The van der Waals surface area contributed by atoms with Crippen LogP contribution in [0.4, 0.5) is 0 Å². The standard InChI is InChI=1S/C18H17N3O2/c1-12(13-8-4-3-5-9-13)21(2)18(23)16-14-10-6-7-11-15(14)17(22)20-19-16/h3-12H,1-2H3,(H,20,22). The number of benzene rings is 2. The van der Waals surface area contributed by atoms with Crippen molar-refractivity contribution < 1.29 is 4.79 Å². The molecule has 1 unspecified atom stereocenters. The van der Waals surface area contributed by atoms with E-state index in [2.05, 4.69) is 10.2 Å². The van der Waals surface area contributed by atoms with Gasteiger partial charge in [-0.2, -0.15) is 5.10 Å². The molecule has 3 aromatic rings. The predicted octanol–water partition coefficient (Wildman–Crippen LogP) is 2.76. The summed E-state index contributed by atoms with van der Waals surface area (Å²) in [6.07, 6.45) is 0. The molecule has 0 spiro atoms. The molecule has 3 rings (SSSR count). The van der Waals surface area contributed by atoms with Crippen molar-refractivity contribution in [2.75, 3.05) is 7.05 Å². The minimum absolute atomic E-state index is 0.101. The molecule has 23 heavy (non-hydrogen) atoms.